The van der Waals surface area contributed by atoms with E-state index in [1.807, 2.05) is 48.4 Å². The van der Waals surface area contributed by atoms with Crippen molar-refractivity contribution in [1.29, 1.82) is 0 Å². The predicted octanol–water partition coefficient (Wildman–Crippen LogP) is 11.2. The lowest BCUT2D eigenvalue weighted by Crippen LogP contribution is -1.96. The SMILES string of the molecule is C1=Cc2ccc(-c3ccc4c(c3)c3ncccc3n4-c3ccccn3)cc2-c2ccccc2Sc2ccccc2-c2ccccc21. The van der Waals surface area contributed by atoms with E-state index < -0.39 is 0 Å². The van der Waals surface area contributed by atoms with Crippen LogP contribution in [0.15, 0.2) is 162 Å². The van der Waals surface area contributed by atoms with Crippen molar-refractivity contribution in [2.24, 2.45) is 0 Å². The molecule has 1 aliphatic heterocycles. The molecule has 0 N–H and O–H groups in total. The van der Waals surface area contributed by atoms with Crippen molar-refractivity contribution >= 4 is 45.9 Å². The van der Waals surface area contributed by atoms with Gasteiger partial charge in [-0.1, -0.05) is 109 Å². The predicted molar refractivity (Wildman–Crippen MR) is 192 cm³/mol. The fourth-order valence-electron chi connectivity index (χ4n) is 6.60. The van der Waals surface area contributed by atoms with Gasteiger partial charge in [0, 0.05) is 27.6 Å². The van der Waals surface area contributed by atoms with Crippen LogP contribution in [0.25, 0.3) is 73.3 Å². The van der Waals surface area contributed by atoms with Crippen LogP contribution in [-0.4, -0.2) is 14.5 Å². The fraction of sp³-hybridized carbons (Fsp3) is 0. The maximum Gasteiger partial charge on any atom is 0.137 e. The molecule has 0 spiro atoms. The molecule has 0 unspecified atom stereocenters. The summed E-state index contributed by atoms with van der Waals surface area (Å²) in [5, 5.41) is 1.11. The lowest BCUT2D eigenvalue weighted by molar-refractivity contribution is 1.08. The number of hydrogen-bond acceptors (Lipinski definition) is 3. The molecule has 0 aliphatic carbocycles. The van der Waals surface area contributed by atoms with Gasteiger partial charge in [0.2, 0.25) is 0 Å². The van der Waals surface area contributed by atoms with Crippen LogP contribution in [-0.2, 0) is 0 Å². The zero-order chi connectivity index (χ0) is 30.5. The molecule has 5 aromatic carbocycles. The van der Waals surface area contributed by atoms with Crippen molar-refractivity contribution in [3.8, 4) is 39.2 Å². The van der Waals surface area contributed by atoms with E-state index >= 15 is 0 Å². The van der Waals surface area contributed by atoms with E-state index in [1.165, 1.54) is 48.7 Å². The van der Waals surface area contributed by atoms with Gasteiger partial charge in [-0.3, -0.25) is 9.55 Å². The molecular weight excluding hydrogens is 579 g/mol. The Hall–Kier alpha value is -5.71. The normalized spacial score (nSPS) is 12.2. The summed E-state index contributed by atoms with van der Waals surface area (Å²) in [7, 11) is 0. The highest BCUT2D eigenvalue weighted by atomic mass is 32.2. The van der Waals surface area contributed by atoms with Crippen molar-refractivity contribution in [1.82, 2.24) is 14.5 Å². The van der Waals surface area contributed by atoms with Gasteiger partial charge in [-0.15, -0.1) is 0 Å². The first kappa shape index (κ1) is 26.7. The quantitative estimate of drug-likeness (QED) is 0.196. The van der Waals surface area contributed by atoms with E-state index in [9.17, 15) is 0 Å². The molecule has 46 heavy (non-hydrogen) atoms. The molecule has 0 radical (unpaired) electrons. The Morgan fingerprint density at radius 1 is 0.457 bits per heavy atom. The number of pyridine rings is 2. The monoisotopic (exact) mass is 605 g/mol. The van der Waals surface area contributed by atoms with Crippen molar-refractivity contribution in [3.63, 3.8) is 0 Å². The zero-order valence-corrected chi connectivity index (χ0v) is 25.7. The molecule has 0 atom stereocenters. The Balaban J connectivity index is 1.24. The fourth-order valence-corrected chi connectivity index (χ4v) is 7.71. The summed E-state index contributed by atoms with van der Waals surface area (Å²) in [4.78, 5) is 12.0. The second-order valence-electron chi connectivity index (χ2n) is 11.4. The molecule has 0 amide bonds. The topological polar surface area (TPSA) is 30.7 Å². The van der Waals surface area contributed by atoms with Gasteiger partial charge in [-0.2, -0.15) is 0 Å². The maximum absolute atomic E-state index is 4.82. The molecule has 0 saturated heterocycles. The number of rotatable bonds is 2. The summed E-state index contributed by atoms with van der Waals surface area (Å²) >= 11 is 1.84. The van der Waals surface area contributed by atoms with Crippen molar-refractivity contribution < 1.29 is 0 Å². The highest BCUT2D eigenvalue weighted by Crippen LogP contribution is 2.44. The second kappa shape index (κ2) is 11.0. The summed E-state index contributed by atoms with van der Waals surface area (Å²) in [5.74, 6) is 0.885. The first-order valence-corrected chi connectivity index (χ1v) is 16.2. The average Bonchev–Trinajstić information content (AvgIpc) is 3.44. The molecule has 3 aromatic heterocycles. The summed E-state index contributed by atoms with van der Waals surface area (Å²) in [5.41, 5.74) is 12.8. The Bertz CT molecular complexity index is 2460. The Morgan fingerprint density at radius 2 is 1.11 bits per heavy atom. The van der Waals surface area contributed by atoms with Gasteiger partial charge in [-0.25, -0.2) is 4.98 Å². The third-order valence-corrected chi connectivity index (χ3v) is 9.91. The minimum Gasteiger partial charge on any atom is -0.292 e. The molecule has 8 aromatic rings. The molecule has 0 fully saturated rings. The number of nitrogens with zero attached hydrogens (tertiary/aromatic N) is 3. The van der Waals surface area contributed by atoms with E-state index in [0.717, 1.165) is 33.3 Å². The Morgan fingerprint density at radius 3 is 1.91 bits per heavy atom. The lowest BCUT2D eigenvalue weighted by Gasteiger charge is -2.15. The van der Waals surface area contributed by atoms with Gasteiger partial charge in [0.05, 0.1) is 16.6 Å². The van der Waals surface area contributed by atoms with Crippen LogP contribution in [0.4, 0.5) is 0 Å². The van der Waals surface area contributed by atoms with E-state index in [2.05, 4.69) is 137 Å². The number of benzene rings is 5. The third kappa shape index (κ3) is 4.46. The highest BCUT2D eigenvalue weighted by Gasteiger charge is 2.18. The summed E-state index contributed by atoms with van der Waals surface area (Å²) in [6.07, 6.45) is 8.23. The van der Waals surface area contributed by atoms with Gasteiger partial charge < -0.3 is 0 Å². The molecule has 3 nitrogen and oxygen atoms in total. The first-order chi connectivity index (χ1) is 22.8. The summed E-state index contributed by atoms with van der Waals surface area (Å²) in [6.45, 7) is 0. The molecule has 4 heterocycles. The van der Waals surface area contributed by atoms with Gasteiger partial charge in [-0.05, 0) is 99.1 Å². The van der Waals surface area contributed by atoms with Crippen LogP contribution in [0.3, 0.4) is 0 Å². The number of hydrogen-bond donors (Lipinski definition) is 0. The van der Waals surface area contributed by atoms with Crippen LogP contribution >= 0.6 is 11.8 Å². The van der Waals surface area contributed by atoms with Gasteiger partial charge in [0.25, 0.3) is 0 Å². The number of aromatic nitrogens is 3. The van der Waals surface area contributed by atoms with Crippen molar-refractivity contribution in [2.45, 2.75) is 9.79 Å². The van der Waals surface area contributed by atoms with Crippen LogP contribution in [0.1, 0.15) is 11.1 Å². The van der Waals surface area contributed by atoms with E-state index in [1.54, 1.807) is 0 Å². The Kier molecular flexibility index (Phi) is 6.39. The summed E-state index contributed by atoms with van der Waals surface area (Å²) in [6, 6.07) is 49.9. The second-order valence-corrected chi connectivity index (χ2v) is 12.5. The van der Waals surface area contributed by atoms with Crippen molar-refractivity contribution in [2.75, 3.05) is 0 Å². The smallest absolute Gasteiger partial charge is 0.137 e. The minimum atomic E-state index is 0.885. The zero-order valence-electron chi connectivity index (χ0n) is 24.8. The summed E-state index contributed by atoms with van der Waals surface area (Å²) < 4.78 is 2.20. The molecule has 1 aliphatic rings. The van der Waals surface area contributed by atoms with Crippen LogP contribution in [0.5, 0.6) is 0 Å². The van der Waals surface area contributed by atoms with Gasteiger partial charge in [0.15, 0.2) is 0 Å². The standard InChI is InChI=1S/C42H27N3S/c1-2-11-32-28(10-1)18-19-29-20-21-30(26-35(29)34-13-4-6-16-40(34)46-39-15-5-3-12-33(32)39)31-22-23-37-36(27-31)42-38(14-9-25-44-42)45(37)41-17-7-8-24-43-41/h1-27H. The van der Waals surface area contributed by atoms with Crippen molar-refractivity contribution in [3.05, 3.63) is 163 Å². The highest BCUT2D eigenvalue weighted by molar-refractivity contribution is 7.99. The Labute approximate surface area is 271 Å². The van der Waals surface area contributed by atoms with E-state index in [4.69, 9.17) is 4.98 Å². The molecular formula is C42H27N3S. The van der Waals surface area contributed by atoms with Crippen LogP contribution in [0, 0.1) is 0 Å². The maximum atomic E-state index is 4.82. The van der Waals surface area contributed by atoms with E-state index in [-0.39, 0.29) is 0 Å². The lowest BCUT2D eigenvalue weighted by atomic mass is 9.93. The first-order valence-electron chi connectivity index (χ1n) is 15.4. The average molecular weight is 606 g/mol. The molecule has 0 saturated carbocycles. The largest absolute Gasteiger partial charge is 0.292 e. The van der Waals surface area contributed by atoms with Crippen LogP contribution in [0.2, 0.25) is 0 Å². The molecule has 0 bridgehead atoms. The molecule has 9 rings (SSSR count). The van der Waals surface area contributed by atoms with Gasteiger partial charge >= 0.3 is 0 Å². The molecule has 216 valence electrons. The van der Waals surface area contributed by atoms with Crippen LogP contribution < -0.4 is 0 Å². The molecule has 4 heteroatoms. The van der Waals surface area contributed by atoms with Gasteiger partial charge in [0.1, 0.15) is 5.82 Å². The van der Waals surface area contributed by atoms with E-state index in [0.29, 0.717) is 0 Å². The number of fused-ring (bicyclic) bond motifs is 9. The third-order valence-electron chi connectivity index (χ3n) is 8.76. The minimum absolute atomic E-state index is 0.885.